The number of carbonyl (C=O) groups excluding carboxylic acids is 2. The van der Waals surface area contributed by atoms with Gasteiger partial charge in [0.2, 0.25) is 0 Å². The Hall–Kier alpha value is -2.85. The van der Waals surface area contributed by atoms with E-state index in [9.17, 15) is 22.4 Å². The standard InChI is InChI=1S/C25H29ClFNO7S/c1-5-33-23(29)11-7-17-15-28(36(31,32)18-8-9-20(27)19(26)14-18)21-12-16(6-10-22(21)34-17)13-24(30)35-25(2,3)4/h6,8-10,12,14,17H,5,7,11,13,15H2,1-4H3/t17-/m0/s1. The van der Waals surface area contributed by atoms with Gasteiger partial charge in [-0.1, -0.05) is 17.7 Å². The van der Waals surface area contributed by atoms with Gasteiger partial charge in [0.25, 0.3) is 10.0 Å². The van der Waals surface area contributed by atoms with Crippen LogP contribution in [0.2, 0.25) is 5.02 Å². The second kappa shape index (κ2) is 11.0. The minimum atomic E-state index is -4.20. The quantitative estimate of drug-likeness (QED) is 0.448. The Bertz CT molecular complexity index is 1240. The van der Waals surface area contributed by atoms with E-state index in [-0.39, 0.29) is 53.8 Å². The Morgan fingerprint density at radius 3 is 2.53 bits per heavy atom. The number of sulfonamides is 1. The highest BCUT2D eigenvalue weighted by Crippen LogP contribution is 2.39. The van der Waals surface area contributed by atoms with E-state index in [0.717, 1.165) is 22.5 Å². The first kappa shape index (κ1) is 27.7. The number of nitrogens with zero attached hydrogens (tertiary/aromatic N) is 1. The lowest BCUT2D eigenvalue weighted by Crippen LogP contribution is -2.43. The maximum Gasteiger partial charge on any atom is 0.310 e. The Balaban J connectivity index is 1.97. The van der Waals surface area contributed by atoms with Gasteiger partial charge in [-0.15, -0.1) is 0 Å². The molecule has 3 rings (SSSR count). The van der Waals surface area contributed by atoms with Crippen LogP contribution in [0.1, 0.15) is 46.1 Å². The average Bonchev–Trinajstić information content (AvgIpc) is 2.77. The topological polar surface area (TPSA) is 99.2 Å². The molecule has 1 aliphatic rings. The van der Waals surface area contributed by atoms with E-state index in [1.165, 1.54) is 0 Å². The normalized spacial score (nSPS) is 15.6. The number of benzene rings is 2. The van der Waals surface area contributed by atoms with Gasteiger partial charge in [-0.2, -0.15) is 0 Å². The summed E-state index contributed by atoms with van der Waals surface area (Å²) < 4.78 is 58.4. The molecule has 1 atom stereocenters. The number of hydrogen-bond donors (Lipinski definition) is 0. The van der Waals surface area contributed by atoms with Crippen LogP contribution < -0.4 is 9.04 Å². The van der Waals surface area contributed by atoms with Crippen LogP contribution in [0, 0.1) is 5.82 Å². The van der Waals surface area contributed by atoms with Gasteiger partial charge in [-0.05, 0) is 70.0 Å². The number of fused-ring (bicyclic) bond motifs is 1. The first-order valence-corrected chi connectivity index (χ1v) is 13.3. The molecule has 0 saturated heterocycles. The van der Waals surface area contributed by atoms with Crippen molar-refractivity contribution in [3.63, 3.8) is 0 Å². The first-order valence-electron chi connectivity index (χ1n) is 11.4. The SMILES string of the molecule is CCOC(=O)CC[C@H]1CN(S(=O)(=O)c2ccc(F)c(Cl)c2)c2cc(CC(=O)OC(C)(C)C)ccc2O1. The van der Waals surface area contributed by atoms with E-state index >= 15 is 0 Å². The van der Waals surface area contributed by atoms with Gasteiger partial charge < -0.3 is 14.2 Å². The van der Waals surface area contributed by atoms with Crippen molar-refractivity contribution in [2.24, 2.45) is 0 Å². The van der Waals surface area contributed by atoms with Crippen LogP contribution in [0.25, 0.3) is 0 Å². The van der Waals surface area contributed by atoms with Crippen LogP contribution in [0.3, 0.4) is 0 Å². The molecule has 1 heterocycles. The summed E-state index contributed by atoms with van der Waals surface area (Å²) in [5, 5.41) is -0.331. The number of ether oxygens (including phenoxy) is 3. The molecule has 0 saturated carbocycles. The maximum absolute atomic E-state index is 13.7. The minimum Gasteiger partial charge on any atom is -0.486 e. The van der Waals surface area contributed by atoms with Crippen molar-refractivity contribution in [2.75, 3.05) is 17.5 Å². The second-order valence-corrected chi connectivity index (χ2v) is 11.5. The molecule has 0 fully saturated rings. The lowest BCUT2D eigenvalue weighted by Gasteiger charge is -2.35. The lowest BCUT2D eigenvalue weighted by molar-refractivity contribution is -0.154. The van der Waals surface area contributed by atoms with Crippen LogP contribution >= 0.6 is 11.6 Å². The highest BCUT2D eigenvalue weighted by atomic mass is 35.5. The zero-order chi connectivity index (χ0) is 26.7. The van der Waals surface area contributed by atoms with E-state index < -0.39 is 39.5 Å². The van der Waals surface area contributed by atoms with Crippen LogP contribution in [0.5, 0.6) is 5.75 Å². The number of halogens is 2. The highest BCUT2D eigenvalue weighted by Gasteiger charge is 2.35. The number of hydrogen-bond acceptors (Lipinski definition) is 7. The van der Waals surface area contributed by atoms with E-state index in [1.807, 2.05) is 0 Å². The fraction of sp³-hybridized carbons (Fsp3) is 0.440. The molecule has 8 nitrogen and oxygen atoms in total. The van der Waals surface area contributed by atoms with Gasteiger partial charge in [0.15, 0.2) is 0 Å². The van der Waals surface area contributed by atoms with Gasteiger partial charge in [-0.3, -0.25) is 13.9 Å². The Labute approximate surface area is 215 Å². The molecule has 36 heavy (non-hydrogen) atoms. The molecule has 0 bridgehead atoms. The summed E-state index contributed by atoms with van der Waals surface area (Å²) in [4.78, 5) is 24.0. The Morgan fingerprint density at radius 2 is 1.89 bits per heavy atom. The van der Waals surface area contributed by atoms with Crippen LogP contribution in [-0.2, 0) is 35.5 Å². The molecule has 1 aliphatic heterocycles. The van der Waals surface area contributed by atoms with Gasteiger partial charge in [-0.25, -0.2) is 12.8 Å². The molecule has 0 aromatic heterocycles. The van der Waals surface area contributed by atoms with Crippen molar-refractivity contribution in [2.45, 2.75) is 63.6 Å². The summed E-state index contributed by atoms with van der Waals surface area (Å²) in [6.07, 6.45) is -0.466. The van der Waals surface area contributed by atoms with Crippen molar-refractivity contribution in [1.82, 2.24) is 0 Å². The number of anilines is 1. The Kier molecular flexibility index (Phi) is 8.51. The third-order valence-corrected chi connectivity index (χ3v) is 7.24. The molecule has 0 amide bonds. The van der Waals surface area contributed by atoms with Crippen molar-refractivity contribution in [3.8, 4) is 5.75 Å². The van der Waals surface area contributed by atoms with Crippen molar-refractivity contribution in [3.05, 3.63) is 52.8 Å². The smallest absolute Gasteiger partial charge is 0.310 e. The molecule has 0 spiro atoms. The summed E-state index contributed by atoms with van der Waals surface area (Å²) >= 11 is 5.85. The van der Waals surface area contributed by atoms with E-state index in [1.54, 1.807) is 45.9 Å². The van der Waals surface area contributed by atoms with Crippen LogP contribution in [0.15, 0.2) is 41.3 Å². The lowest BCUT2D eigenvalue weighted by atomic mass is 10.1. The molecule has 2 aromatic carbocycles. The second-order valence-electron chi connectivity index (χ2n) is 9.26. The predicted octanol–water partition coefficient (Wildman–Crippen LogP) is 4.66. The van der Waals surface area contributed by atoms with Gasteiger partial charge in [0.1, 0.15) is 23.3 Å². The van der Waals surface area contributed by atoms with Crippen LogP contribution in [-0.4, -0.2) is 45.2 Å². The molecule has 11 heteroatoms. The zero-order valence-corrected chi connectivity index (χ0v) is 22.1. The molecule has 196 valence electrons. The first-order chi connectivity index (χ1) is 16.8. The van der Waals surface area contributed by atoms with Gasteiger partial charge in [0.05, 0.1) is 35.2 Å². The molecule has 0 radical (unpaired) electrons. The van der Waals surface area contributed by atoms with Crippen molar-refractivity contribution < 1.29 is 36.6 Å². The maximum atomic E-state index is 13.7. The zero-order valence-electron chi connectivity index (χ0n) is 20.5. The average molecular weight is 542 g/mol. The summed E-state index contributed by atoms with van der Waals surface area (Å²) in [5.41, 5.74) is 0.0652. The molecule has 2 aromatic rings. The highest BCUT2D eigenvalue weighted by molar-refractivity contribution is 7.92. The molecule has 0 aliphatic carbocycles. The van der Waals surface area contributed by atoms with Crippen molar-refractivity contribution in [1.29, 1.82) is 0 Å². The molecular weight excluding hydrogens is 513 g/mol. The predicted molar refractivity (Wildman–Crippen MR) is 132 cm³/mol. The fourth-order valence-electron chi connectivity index (χ4n) is 3.67. The van der Waals surface area contributed by atoms with Crippen LogP contribution in [0.4, 0.5) is 10.1 Å². The summed E-state index contributed by atoms with van der Waals surface area (Å²) in [5.74, 6) is -1.37. The monoisotopic (exact) mass is 541 g/mol. The Morgan fingerprint density at radius 1 is 1.17 bits per heavy atom. The summed E-state index contributed by atoms with van der Waals surface area (Å²) in [7, 11) is -4.20. The minimum absolute atomic E-state index is 0.0425. The molecule has 0 N–H and O–H groups in total. The van der Waals surface area contributed by atoms with E-state index in [2.05, 4.69) is 0 Å². The number of rotatable bonds is 8. The largest absolute Gasteiger partial charge is 0.486 e. The number of carbonyl (C=O) groups is 2. The van der Waals surface area contributed by atoms with Gasteiger partial charge >= 0.3 is 11.9 Å². The van der Waals surface area contributed by atoms with Gasteiger partial charge in [0, 0.05) is 6.42 Å². The fourth-order valence-corrected chi connectivity index (χ4v) is 5.44. The molecule has 0 unspecified atom stereocenters. The van der Waals surface area contributed by atoms with E-state index in [4.69, 9.17) is 25.8 Å². The van der Waals surface area contributed by atoms with Crippen molar-refractivity contribution >= 4 is 39.3 Å². The third kappa shape index (κ3) is 6.88. The number of esters is 2. The summed E-state index contributed by atoms with van der Waals surface area (Å²) in [6.45, 7) is 7.08. The molecular formula is C25H29ClFNO7S. The summed E-state index contributed by atoms with van der Waals surface area (Å²) in [6, 6.07) is 7.92. The third-order valence-electron chi connectivity index (χ3n) is 5.18. The van der Waals surface area contributed by atoms with E-state index in [0.29, 0.717) is 5.56 Å².